The van der Waals surface area contributed by atoms with Crippen LogP contribution in [0.3, 0.4) is 0 Å². The minimum absolute atomic E-state index is 0.583. The van der Waals surface area contributed by atoms with Gasteiger partial charge in [0.1, 0.15) is 6.23 Å². The lowest BCUT2D eigenvalue weighted by Crippen LogP contribution is -2.42. The zero-order valence-corrected chi connectivity index (χ0v) is 6.74. The Hall–Kier alpha value is -0.840. The van der Waals surface area contributed by atoms with Crippen LogP contribution in [0.5, 0.6) is 0 Å². The second kappa shape index (κ2) is 4.12. The first-order chi connectivity index (χ1) is 5.00. The van der Waals surface area contributed by atoms with E-state index >= 15 is 0 Å². The lowest BCUT2D eigenvalue weighted by Gasteiger charge is -2.25. The third-order valence-corrected chi connectivity index (χ3v) is 1.34. The summed E-state index contributed by atoms with van der Waals surface area (Å²) >= 11 is 0. The van der Waals surface area contributed by atoms with Crippen molar-refractivity contribution in [2.75, 3.05) is 7.11 Å². The summed E-state index contributed by atoms with van der Waals surface area (Å²) in [5, 5.41) is 8.45. The van der Waals surface area contributed by atoms with Crippen LogP contribution in [-0.2, 0) is 4.74 Å². The molecule has 0 spiro atoms. The summed E-state index contributed by atoms with van der Waals surface area (Å²) in [6.07, 6.45) is -3.63. The largest absolute Gasteiger partial charge is 0.465 e. The summed E-state index contributed by atoms with van der Waals surface area (Å²) < 4.78 is 17.2. The van der Waals surface area contributed by atoms with E-state index in [4.69, 9.17) is 5.11 Å². The van der Waals surface area contributed by atoms with E-state index in [-0.39, 0.29) is 0 Å². The number of nitrogens with zero attached hydrogens (tertiary/aromatic N) is 1. The Morgan fingerprint density at radius 3 is 2.18 bits per heavy atom. The average molecular weight is 165 g/mol. The molecule has 0 aromatic carbocycles. The summed E-state index contributed by atoms with van der Waals surface area (Å²) in [6.45, 7) is 2.61. The molecule has 2 atom stereocenters. The van der Waals surface area contributed by atoms with Crippen molar-refractivity contribution >= 4 is 6.09 Å². The van der Waals surface area contributed by atoms with Crippen molar-refractivity contribution in [3.63, 3.8) is 0 Å². The highest BCUT2D eigenvalue weighted by Gasteiger charge is 2.24. The molecule has 0 aliphatic rings. The maximum absolute atomic E-state index is 12.5. The number of ether oxygens (including phenoxy) is 1. The van der Waals surface area contributed by atoms with Crippen LogP contribution in [-0.4, -0.2) is 35.7 Å². The maximum Gasteiger partial charge on any atom is 0.411 e. The lowest BCUT2D eigenvalue weighted by molar-refractivity contribution is -0.0550. The summed E-state index contributed by atoms with van der Waals surface area (Å²) in [4.78, 5) is 10.9. The van der Waals surface area contributed by atoms with Crippen molar-refractivity contribution in [1.29, 1.82) is 0 Å². The second-order valence-corrected chi connectivity index (χ2v) is 2.10. The van der Waals surface area contributed by atoms with Gasteiger partial charge in [0.15, 0.2) is 6.30 Å². The molecule has 1 amide bonds. The van der Waals surface area contributed by atoms with Crippen LogP contribution in [0.15, 0.2) is 0 Å². The van der Waals surface area contributed by atoms with Crippen LogP contribution in [0.4, 0.5) is 9.18 Å². The van der Waals surface area contributed by atoms with E-state index in [1.54, 1.807) is 0 Å². The SMILES string of the molecule is COC(C)N(C(=O)O)C(C)F. The van der Waals surface area contributed by atoms with Gasteiger partial charge in [0.25, 0.3) is 0 Å². The normalized spacial score (nSPS) is 15.6. The molecule has 0 aromatic rings. The number of amides is 1. The first-order valence-corrected chi connectivity index (χ1v) is 3.18. The first kappa shape index (κ1) is 10.2. The van der Waals surface area contributed by atoms with Crippen molar-refractivity contribution < 1.29 is 19.0 Å². The van der Waals surface area contributed by atoms with Crippen LogP contribution in [0.25, 0.3) is 0 Å². The molecule has 0 bridgehead atoms. The fourth-order valence-electron chi connectivity index (χ4n) is 0.711. The van der Waals surface area contributed by atoms with Crippen molar-refractivity contribution in [2.45, 2.75) is 26.4 Å². The van der Waals surface area contributed by atoms with E-state index in [0.29, 0.717) is 4.90 Å². The molecule has 1 N–H and O–H groups in total. The number of carboxylic acid groups (broad SMARTS) is 1. The quantitative estimate of drug-likeness (QED) is 0.506. The minimum atomic E-state index is -1.55. The third kappa shape index (κ3) is 2.71. The molecule has 66 valence electrons. The molecule has 2 unspecified atom stereocenters. The number of methoxy groups -OCH3 is 1. The van der Waals surface area contributed by atoms with Gasteiger partial charge >= 0.3 is 6.09 Å². The molecule has 0 saturated carbocycles. The Bertz CT molecular complexity index is 140. The van der Waals surface area contributed by atoms with E-state index in [9.17, 15) is 9.18 Å². The van der Waals surface area contributed by atoms with Gasteiger partial charge in [0.05, 0.1) is 0 Å². The average Bonchev–Trinajstić information content (AvgIpc) is 1.85. The molecule has 0 fully saturated rings. The second-order valence-electron chi connectivity index (χ2n) is 2.10. The van der Waals surface area contributed by atoms with Gasteiger partial charge in [-0.1, -0.05) is 0 Å². The smallest absolute Gasteiger partial charge is 0.411 e. The fraction of sp³-hybridized carbons (Fsp3) is 0.833. The lowest BCUT2D eigenvalue weighted by atomic mass is 10.5. The summed E-state index contributed by atoms with van der Waals surface area (Å²) in [7, 11) is 1.32. The Balaban J connectivity index is 4.21. The van der Waals surface area contributed by atoms with Crippen LogP contribution in [0.2, 0.25) is 0 Å². The van der Waals surface area contributed by atoms with E-state index in [1.165, 1.54) is 14.0 Å². The van der Waals surface area contributed by atoms with Gasteiger partial charge in [-0.05, 0) is 13.8 Å². The van der Waals surface area contributed by atoms with Crippen LogP contribution in [0.1, 0.15) is 13.8 Å². The Kier molecular flexibility index (Phi) is 3.81. The highest BCUT2D eigenvalue weighted by molar-refractivity contribution is 5.65. The van der Waals surface area contributed by atoms with Gasteiger partial charge in [-0.15, -0.1) is 0 Å². The van der Waals surface area contributed by atoms with Gasteiger partial charge in [-0.25, -0.2) is 9.18 Å². The van der Waals surface area contributed by atoms with Crippen LogP contribution < -0.4 is 0 Å². The molecule has 5 heteroatoms. The molecule has 0 saturated heterocycles. The topological polar surface area (TPSA) is 49.8 Å². The first-order valence-electron chi connectivity index (χ1n) is 3.18. The van der Waals surface area contributed by atoms with Crippen molar-refractivity contribution in [1.82, 2.24) is 4.90 Å². The van der Waals surface area contributed by atoms with Crippen LogP contribution in [0, 0.1) is 0 Å². The fourth-order valence-corrected chi connectivity index (χ4v) is 0.711. The molecule has 4 nitrogen and oxygen atoms in total. The third-order valence-electron chi connectivity index (χ3n) is 1.34. The molecular formula is C6H12FNO3. The molecule has 0 aliphatic heterocycles. The number of hydrogen-bond acceptors (Lipinski definition) is 2. The molecular weight excluding hydrogens is 153 g/mol. The van der Waals surface area contributed by atoms with E-state index < -0.39 is 18.6 Å². The predicted molar refractivity (Wildman–Crippen MR) is 36.9 cm³/mol. The molecule has 0 heterocycles. The summed E-state index contributed by atoms with van der Waals surface area (Å²) in [5.74, 6) is 0. The van der Waals surface area contributed by atoms with Crippen LogP contribution >= 0.6 is 0 Å². The molecule has 0 aromatic heterocycles. The highest BCUT2D eigenvalue weighted by atomic mass is 19.1. The number of halogens is 1. The molecule has 0 radical (unpaired) electrons. The Morgan fingerprint density at radius 2 is 2.09 bits per heavy atom. The Morgan fingerprint density at radius 1 is 1.64 bits per heavy atom. The van der Waals surface area contributed by atoms with E-state index in [1.807, 2.05) is 0 Å². The number of alkyl halides is 1. The molecule has 0 rings (SSSR count). The van der Waals surface area contributed by atoms with Gasteiger partial charge in [0, 0.05) is 7.11 Å². The van der Waals surface area contributed by atoms with E-state index in [0.717, 1.165) is 6.92 Å². The maximum atomic E-state index is 12.5. The Labute approximate surface area is 64.6 Å². The number of rotatable bonds is 3. The van der Waals surface area contributed by atoms with Crippen molar-refractivity contribution in [3.8, 4) is 0 Å². The number of carbonyl (C=O) groups is 1. The van der Waals surface area contributed by atoms with Crippen molar-refractivity contribution in [2.24, 2.45) is 0 Å². The molecule has 0 aliphatic carbocycles. The molecule has 11 heavy (non-hydrogen) atoms. The zero-order valence-electron chi connectivity index (χ0n) is 6.74. The summed E-state index contributed by atoms with van der Waals surface area (Å²) in [5.41, 5.74) is 0. The summed E-state index contributed by atoms with van der Waals surface area (Å²) in [6, 6.07) is 0. The van der Waals surface area contributed by atoms with Gasteiger partial charge in [-0.3, -0.25) is 4.90 Å². The number of hydrogen-bond donors (Lipinski definition) is 1. The minimum Gasteiger partial charge on any atom is -0.465 e. The van der Waals surface area contributed by atoms with Gasteiger partial charge in [-0.2, -0.15) is 0 Å². The zero-order chi connectivity index (χ0) is 9.02. The van der Waals surface area contributed by atoms with Gasteiger partial charge < -0.3 is 9.84 Å². The standard InChI is InChI=1S/C6H12FNO3/c1-4(7)8(6(9)10)5(2)11-3/h4-5H,1-3H3,(H,9,10). The van der Waals surface area contributed by atoms with Crippen molar-refractivity contribution in [3.05, 3.63) is 0 Å². The van der Waals surface area contributed by atoms with Gasteiger partial charge in [0.2, 0.25) is 0 Å². The highest BCUT2D eigenvalue weighted by Crippen LogP contribution is 2.07. The van der Waals surface area contributed by atoms with E-state index in [2.05, 4.69) is 4.74 Å². The monoisotopic (exact) mass is 165 g/mol. The predicted octanol–water partition coefficient (Wildman–Crippen LogP) is 1.27.